The van der Waals surface area contributed by atoms with E-state index in [1.165, 1.54) is 72.3 Å². The zero-order valence-corrected chi connectivity index (χ0v) is 23.1. The van der Waals surface area contributed by atoms with Gasteiger partial charge >= 0.3 is 0 Å². The number of benzene rings is 5. The van der Waals surface area contributed by atoms with Crippen LogP contribution in [0.4, 0.5) is 0 Å². The molecule has 0 bridgehead atoms. The fourth-order valence-corrected chi connectivity index (χ4v) is 7.15. The highest BCUT2D eigenvalue weighted by atomic mass is 14.5. The second-order valence-electron chi connectivity index (χ2n) is 11.0. The van der Waals surface area contributed by atoms with Gasteiger partial charge in [0.25, 0.3) is 0 Å². The lowest BCUT2D eigenvalue weighted by Gasteiger charge is -2.33. The van der Waals surface area contributed by atoms with Crippen molar-refractivity contribution in [2.75, 3.05) is 0 Å². The van der Waals surface area contributed by atoms with Crippen LogP contribution < -0.4 is 0 Å². The first-order chi connectivity index (χ1) is 19.6. The molecule has 0 radical (unpaired) electrons. The molecule has 0 saturated carbocycles. The lowest BCUT2D eigenvalue weighted by atomic mass is 9.68. The van der Waals surface area contributed by atoms with Crippen LogP contribution in [0.25, 0.3) is 27.8 Å². The van der Waals surface area contributed by atoms with Crippen molar-refractivity contribution in [3.05, 3.63) is 185 Å². The van der Waals surface area contributed by atoms with Gasteiger partial charge in [0.05, 0.1) is 5.41 Å². The first kappa shape index (κ1) is 24.4. The van der Waals surface area contributed by atoms with Crippen LogP contribution in [-0.2, 0) is 11.8 Å². The van der Waals surface area contributed by atoms with Crippen molar-refractivity contribution >= 4 is 5.57 Å². The van der Waals surface area contributed by atoms with E-state index in [0.717, 1.165) is 6.42 Å². The van der Waals surface area contributed by atoms with Crippen molar-refractivity contribution in [1.29, 1.82) is 0 Å². The average Bonchev–Trinajstić information content (AvgIpc) is 3.44. The van der Waals surface area contributed by atoms with Gasteiger partial charge < -0.3 is 0 Å². The van der Waals surface area contributed by atoms with Gasteiger partial charge in [-0.25, -0.2) is 0 Å². The van der Waals surface area contributed by atoms with Crippen molar-refractivity contribution in [1.82, 2.24) is 0 Å². The Balaban J connectivity index is 1.52. The molecule has 2 aliphatic carbocycles. The first-order valence-electron chi connectivity index (χ1n) is 14.1. The van der Waals surface area contributed by atoms with Crippen LogP contribution in [-0.4, -0.2) is 0 Å². The molecule has 0 unspecified atom stereocenters. The summed E-state index contributed by atoms with van der Waals surface area (Å²) in [6, 6.07) is 42.8. The summed E-state index contributed by atoms with van der Waals surface area (Å²) < 4.78 is 0. The molecule has 1 spiro atoms. The number of hydrogen-bond donors (Lipinski definition) is 0. The Morgan fingerprint density at radius 3 is 1.73 bits per heavy atom. The fourth-order valence-electron chi connectivity index (χ4n) is 7.15. The minimum atomic E-state index is -0.335. The van der Waals surface area contributed by atoms with Gasteiger partial charge in [-0.3, -0.25) is 0 Å². The van der Waals surface area contributed by atoms with E-state index in [4.69, 9.17) is 0 Å². The molecule has 0 fully saturated rings. The molecule has 5 aromatic carbocycles. The smallest absolute Gasteiger partial charge is 0.0691 e. The topological polar surface area (TPSA) is 0 Å². The lowest BCUT2D eigenvalue weighted by Crippen LogP contribution is -2.28. The number of hydrogen-bond acceptors (Lipinski definition) is 0. The number of rotatable bonds is 5. The monoisotopic (exact) mass is 512 g/mol. The zero-order chi connectivity index (χ0) is 27.3. The molecular formula is C40H32. The van der Waals surface area contributed by atoms with Crippen molar-refractivity contribution in [2.45, 2.75) is 25.7 Å². The van der Waals surface area contributed by atoms with Crippen LogP contribution in [0.3, 0.4) is 0 Å². The van der Waals surface area contributed by atoms with Crippen molar-refractivity contribution in [2.24, 2.45) is 0 Å². The SMILES string of the molecule is C=C/C=C\C1=C(Cc2ccc(C)c(-c3ccccc3C)c2)C2(c3ccccc31)c1ccccc1-c1ccccc12. The van der Waals surface area contributed by atoms with Crippen LogP contribution in [0.2, 0.25) is 0 Å². The molecule has 0 aromatic heterocycles. The van der Waals surface area contributed by atoms with Gasteiger partial charge in [-0.1, -0.05) is 140 Å². The molecule has 0 nitrogen and oxygen atoms in total. The Morgan fingerprint density at radius 1 is 0.575 bits per heavy atom. The maximum atomic E-state index is 4.00. The molecule has 0 amide bonds. The third-order valence-corrected chi connectivity index (χ3v) is 8.87. The third-order valence-electron chi connectivity index (χ3n) is 8.87. The zero-order valence-electron chi connectivity index (χ0n) is 23.1. The van der Waals surface area contributed by atoms with Crippen LogP contribution >= 0.6 is 0 Å². The quantitative estimate of drug-likeness (QED) is 0.206. The predicted molar refractivity (Wildman–Crippen MR) is 170 cm³/mol. The van der Waals surface area contributed by atoms with E-state index in [1.54, 1.807) is 0 Å². The van der Waals surface area contributed by atoms with Gasteiger partial charge in [0.2, 0.25) is 0 Å². The van der Waals surface area contributed by atoms with Gasteiger partial charge in [0.15, 0.2) is 0 Å². The highest BCUT2D eigenvalue weighted by molar-refractivity contribution is 5.96. The molecule has 7 rings (SSSR count). The first-order valence-corrected chi connectivity index (χ1v) is 14.1. The Kier molecular flexibility index (Phi) is 5.79. The summed E-state index contributed by atoms with van der Waals surface area (Å²) >= 11 is 0. The molecular weight excluding hydrogens is 480 g/mol. The summed E-state index contributed by atoms with van der Waals surface area (Å²) in [5, 5.41) is 0. The molecule has 0 heterocycles. The second-order valence-corrected chi connectivity index (χ2v) is 11.0. The Morgan fingerprint density at radius 2 is 1.10 bits per heavy atom. The molecule has 5 aromatic rings. The van der Waals surface area contributed by atoms with Crippen molar-refractivity contribution in [3.63, 3.8) is 0 Å². The Labute approximate surface area is 237 Å². The van der Waals surface area contributed by atoms with Gasteiger partial charge in [0, 0.05) is 0 Å². The van der Waals surface area contributed by atoms with Gasteiger partial charge in [-0.15, -0.1) is 0 Å². The summed E-state index contributed by atoms with van der Waals surface area (Å²) in [6.07, 6.45) is 7.10. The summed E-state index contributed by atoms with van der Waals surface area (Å²) in [5.74, 6) is 0. The van der Waals surface area contributed by atoms with Gasteiger partial charge in [-0.2, -0.15) is 0 Å². The van der Waals surface area contributed by atoms with Crippen LogP contribution in [0.15, 0.2) is 146 Å². The maximum Gasteiger partial charge on any atom is 0.0691 e. The minimum absolute atomic E-state index is 0.335. The second kappa shape index (κ2) is 9.50. The average molecular weight is 513 g/mol. The highest BCUT2D eigenvalue weighted by Gasteiger charge is 2.52. The Hall–Kier alpha value is -4.68. The Bertz CT molecular complexity index is 1810. The third kappa shape index (κ3) is 3.46. The normalized spacial score (nSPS) is 14.4. The van der Waals surface area contributed by atoms with Crippen LogP contribution in [0, 0.1) is 13.8 Å². The number of allylic oxidation sites excluding steroid dienone is 5. The molecule has 0 N–H and O–H groups in total. The number of fused-ring (bicyclic) bond motifs is 7. The van der Waals surface area contributed by atoms with E-state index in [9.17, 15) is 0 Å². The van der Waals surface area contributed by atoms with Gasteiger partial charge in [-0.05, 0) is 92.6 Å². The largest absolute Gasteiger partial charge is 0.0991 e. The molecule has 40 heavy (non-hydrogen) atoms. The van der Waals surface area contributed by atoms with Crippen LogP contribution in [0.1, 0.15) is 38.9 Å². The van der Waals surface area contributed by atoms with E-state index in [-0.39, 0.29) is 5.41 Å². The van der Waals surface area contributed by atoms with Crippen molar-refractivity contribution in [3.8, 4) is 22.3 Å². The predicted octanol–water partition coefficient (Wildman–Crippen LogP) is 10.0. The van der Waals surface area contributed by atoms with E-state index in [0.29, 0.717) is 0 Å². The molecule has 0 heteroatoms. The summed E-state index contributed by atoms with van der Waals surface area (Å²) in [5.41, 5.74) is 17.1. The van der Waals surface area contributed by atoms with E-state index in [2.05, 4.69) is 148 Å². The minimum Gasteiger partial charge on any atom is -0.0991 e. The summed E-state index contributed by atoms with van der Waals surface area (Å²) in [6.45, 7) is 8.43. The molecule has 0 atom stereocenters. The summed E-state index contributed by atoms with van der Waals surface area (Å²) in [4.78, 5) is 0. The summed E-state index contributed by atoms with van der Waals surface area (Å²) in [7, 11) is 0. The van der Waals surface area contributed by atoms with Crippen molar-refractivity contribution < 1.29 is 0 Å². The molecule has 0 aliphatic heterocycles. The van der Waals surface area contributed by atoms with Crippen LogP contribution in [0.5, 0.6) is 0 Å². The van der Waals surface area contributed by atoms with E-state index < -0.39 is 0 Å². The highest BCUT2D eigenvalue weighted by Crippen LogP contribution is 2.62. The van der Waals surface area contributed by atoms with Gasteiger partial charge in [0.1, 0.15) is 0 Å². The molecule has 192 valence electrons. The molecule has 2 aliphatic rings. The fraction of sp³-hybridized carbons (Fsp3) is 0.100. The standard InChI is InChI=1S/C40H32/c1-4-5-15-34-33-19-10-13-22-38(33)40(36-20-11-8-17-31(36)32-18-9-12-21-37(32)40)39(34)26-29-24-23-28(3)35(25-29)30-16-7-6-14-27(30)2/h4-25H,1,26H2,2-3H3/b15-5-. The number of aryl methyl sites for hydroxylation is 2. The van der Waals surface area contributed by atoms with E-state index in [1.807, 2.05) is 6.08 Å². The molecule has 0 saturated heterocycles. The van der Waals surface area contributed by atoms with E-state index >= 15 is 0 Å². The lowest BCUT2D eigenvalue weighted by molar-refractivity contribution is 0.741. The maximum absolute atomic E-state index is 4.00.